The van der Waals surface area contributed by atoms with Crippen molar-refractivity contribution in [2.24, 2.45) is 11.8 Å². The van der Waals surface area contributed by atoms with Gasteiger partial charge in [-0.2, -0.15) is 0 Å². The number of halogens is 1. The molecule has 1 aromatic rings. The van der Waals surface area contributed by atoms with Gasteiger partial charge in [-0.1, -0.05) is 20.3 Å². The summed E-state index contributed by atoms with van der Waals surface area (Å²) in [6, 6.07) is 0. The summed E-state index contributed by atoms with van der Waals surface area (Å²) in [5.41, 5.74) is 1.66. The highest BCUT2D eigenvalue weighted by molar-refractivity contribution is 7.10. The van der Waals surface area contributed by atoms with Crippen LogP contribution in [0.1, 0.15) is 80.6 Å². The van der Waals surface area contributed by atoms with Gasteiger partial charge in [-0.15, -0.1) is 11.3 Å². The molecular weight excluding hydrogens is 361 g/mol. The molecule has 1 aliphatic rings. The Kier molecular flexibility index (Phi) is 8.02. The Morgan fingerprint density at radius 1 is 1.44 bits per heavy atom. The van der Waals surface area contributed by atoms with Crippen molar-refractivity contribution >= 4 is 17.6 Å². The molecule has 0 bridgehead atoms. The second kappa shape index (κ2) is 9.62. The van der Waals surface area contributed by atoms with E-state index in [4.69, 9.17) is 4.74 Å². The number of rotatable bonds is 8. The molecule has 5 heteroatoms. The number of carbonyl (C=O) groups excluding carboxylic acids is 1. The summed E-state index contributed by atoms with van der Waals surface area (Å²) in [5, 5.41) is 1.94. The van der Waals surface area contributed by atoms with E-state index in [1.54, 1.807) is 11.3 Å². The number of thiophene rings is 1. The van der Waals surface area contributed by atoms with Crippen LogP contribution >= 0.6 is 11.3 Å². The first-order valence-electron chi connectivity index (χ1n) is 10.2. The van der Waals surface area contributed by atoms with Crippen molar-refractivity contribution < 1.29 is 13.9 Å². The van der Waals surface area contributed by atoms with Crippen molar-refractivity contribution in [3.05, 3.63) is 21.4 Å². The van der Waals surface area contributed by atoms with E-state index >= 15 is 4.39 Å². The molecule has 3 nitrogen and oxygen atoms in total. The zero-order chi connectivity index (χ0) is 20.2. The van der Waals surface area contributed by atoms with Gasteiger partial charge in [0.15, 0.2) is 6.29 Å². The Bertz CT molecular complexity index is 610. The van der Waals surface area contributed by atoms with Crippen molar-refractivity contribution in [2.45, 2.75) is 78.5 Å². The summed E-state index contributed by atoms with van der Waals surface area (Å²) in [5.74, 6) is 0.670. The Morgan fingerprint density at radius 2 is 2.15 bits per heavy atom. The molecular formula is C22H36FNO2S. The maximum Gasteiger partial charge on any atom is 0.151 e. The van der Waals surface area contributed by atoms with E-state index in [0.717, 1.165) is 43.2 Å². The zero-order valence-corrected chi connectivity index (χ0v) is 18.6. The molecule has 0 spiro atoms. The fourth-order valence-electron chi connectivity index (χ4n) is 4.24. The lowest BCUT2D eigenvalue weighted by molar-refractivity contribution is -0.0864. The number of likely N-dealkylation sites (tertiary alicyclic amines) is 1. The number of hydrogen-bond donors (Lipinski definition) is 0. The second-order valence-corrected chi connectivity index (χ2v) is 9.88. The van der Waals surface area contributed by atoms with Crippen LogP contribution in [0.5, 0.6) is 0 Å². The van der Waals surface area contributed by atoms with Gasteiger partial charge in [0.1, 0.15) is 6.17 Å². The van der Waals surface area contributed by atoms with Gasteiger partial charge in [-0.05, 0) is 63.9 Å². The summed E-state index contributed by atoms with van der Waals surface area (Å²) < 4.78 is 21.0. The maximum absolute atomic E-state index is 15.2. The summed E-state index contributed by atoms with van der Waals surface area (Å²) in [6.07, 6.45) is 3.06. The number of aldehydes is 1. The van der Waals surface area contributed by atoms with Crippen molar-refractivity contribution in [2.75, 3.05) is 19.8 Å². The van der Waals surface area contributed by atoms with E-state index in [1.165, 1.54) is 4.88 Å². The van der Waals surface area contributed by atoms with E-state index in [0.29, 0.717) is 19.2 Å². The Labute approximate surface area is 168 Å². The topological polar surface area (TPSA) is 29.5 Å². The molecule has 0 aliphatic carbocycles. The lowest BCUT2D eigenvalue weighted by Gasteiger charge is -2.41. The molecule has 1 saturated heterocycles. The van der Waals surface area contributed by atoms with Gasteiger partial charge < -0.3 is 4.74 Å². The lowest BCUT2D eigenvalue weighted by atomic mass is 9.73. The molecule has 1 aliphatic heterocycles. The lowest BCUT2D eigenvalue weighted by Crippen LogP contribution is -2.46. The van der Waals surface area contributed by atoms with Gasteiger partial charge >= 0.3 is 0 Å². The normalized spacial score (nSPS) is 24.0. The fraction of sp³-hybridized carbons (Fsp3) is 0.773. The largest absolute Gasteiger partial charge is 0.360 e. The van der Waals surface area contributed by atoms with Gasteiger partial charge in [-0.25, -0.2) is 4.39 Å². The predicted molar refractivity (Wildman–Crippen MR) is 112 cm³/mol. The molecule has 154 valence electrons. The summed E-state index contributed by atoms with van der Waals surface area (Å²) in [4.78, 5) is 14.6. The van der Waals surface area contributed by atoms with E-state index in [-0.39, 0.29) is 17.4 Å². The number of ether oxygens (including phenoxy) is 1. The van der Waals surface area contributed by atoms with E-state index in [2.05, 4.69) is 18.7 Å². The van der Waals surface area contributed by atoms with Crippen LogP contribution in [0.15, 0.2) is 5.38 Å². The van der Waals surface area contributed by atoms with Gasteiger partial charge in [0.05, 0.1) is 12.3 Å². The summed E-state index contributed by atoms with van der Waals surface area (Å²) in [6.45, 7) is 14.3. The fourth-order valence-corrected chi connectivity index (χ4v) is 5.41. The average Bonchev–Trinajstić information content (AvgIpc) is 2.98. The standard InChI is InChI=1S/C22H36FNO2S/c1-7-8-18(16(3)21-15(2)17(12-25)13-27-21)19-9-10-24(11-20(19)23)14-26-22(4,5)6/h12-13,16,18-20H,7-11,14H2,1-6H3. The Morgan fingerprint density at radius 3 is 2.67 bits per heavy atom. The molecule has 0 amide bonds. The number of alkyl halides is 1. The van der Waals surface area contributed by atoms with Crippen LogP contribution in [0, 0.1) is 18.8 Å². The highest BCUT2D eigenvalue weighted by Crippen LogP contribution is 2.42. The number of piperidine rings is 1. The molecule has 0 aromatic carbocycles. The molecule has 4 unspecified atom stereocenters. The monoisotopic (exact) mass is 397 g/mol. The minimum atomic E-state index is -0.827. The molecule has 0 saturated carbocycles. The van der Waals surface area contributed by atoms with Crippen molar-refractivity contribution in [3.8, 4) is 0 Å². The maximum atomic E-state index is 15.2. The first-order chi connectivity index (χ1) is 12.7. The highest BCUT2D eigenvalue weighted by atomic mass is 32.1. The van der Waals surface area contributed by atoms with Gasteiger partial charge in [0.2, 0.25) is 0 Å². The molecule has 0 radical (unpaired) electrons. The first-order valence-corrected chi connectivity index (χ1v) is 11.1. The van der Waals surface area contributed by atoms with E-state index in [1.807, 2.05) is 33.1 Å². The highest BCUT2D eigenvalue weighted by Gasteiger charge is 2.38. The van der Waals surface area contributed by atoms with Crippen LogP contribution < -0.4 is 0 Å². The number of carbonyl (C=O) groups is 1. The minimum absolute atomic E-state index is 0.0759. The zero-order valence-electron chi connectivity index (χ0n) is 17.8. The molecule has 27 heavy (non-hydrogen) atoms. The molecule has 1 aromatic heterocycles. The smallest absolute Gasteiger partial charge is 0.151 e. The second-order valence-electron chi connectivity index (χ2n) is 8.97. The summed E-state index contributed by atoms with van der Waals surface area (Å²) in [7, 11) is 0. The molecule has 0 N–H and O–H groups in total. The number of hydrogen-bond acceptors (Lipinski definition) is 4. The van der Waals surface area contributed by atoms with E-state index in [9.17, 15) is 4.79 Å². The van der Waals surface area contributed by atoms with Crippen LogP contribution in [0.3, 0.4) is 0 Å². The van der Waals surface area contributed by atoms with Crippen LogP contribution in [0.25, 0.3) is 0 Å². The van der Waals surface area contributed by atoms with Crippen molar-refractivity contribution in [3.63, 3.8) is 0 Å². The van der Waals surface area contributed by atoms with Crippen molar-refractivity contribution in [1.29, 1.82) is 0 Å². The Hall–Kier alpha value is -0.780. The Balaban J connectivity index is 2.08. The minimum Gasteiger partial charge on any atom is -0.360 e. The molecule has 2 rings (SSSR count). The van der Waals surface area contributed by atoms with Crippen LogP contribution in [-0.4, -0.2) is 42.8 Å². The van der Waals surface area contributed by atoms with Crippen LogP contribution in [-0.2, 0) is 4.74 Å². The van der Waals surface area contributed by atoms with Gasteiger partial charge in [0, 0.05) is 28.9 Å². The average molecular weight is 398 g/mol. The quantitative estimate of drug-likeness (QED) is 0.518. The molecule has 2 heterocycles. The van der Waals surface area contributed by atoms with Crippen LogP contribution in [0.2, 0.25) is 0 Å². The SMILES string of the molecule is CCCC(C(C)c1scc(C=O)c1C)C1CCN(COC(C)(C)C)CC1F. The van der Waals surface area contributed by atoms with Crippen LogP contribution in [0.4, 0.5) is 4.39 Å². The number of nitrogens with zero attached hydrogens (tertiary/aromatic N) is 1. The summed E-state index contributed by atoms with van der Waals surface area (Å²) >= 11 is 1.66. The first kappa shape index (κ1) is 22.5. The predicted octanol–water partition coefficient (Wildman–Crippen LogP) is 5.82. The van der Waals surface area contributed by atoms with Crippen molar-refractivity contribution in [1.82, 2.24) is 4.90 Å². The van der Waals surface area contributed by atoms with Gasteiger partial charge in [0.25, 0.3) is 0 Å². The third-order valence-corrected chi connectivity index (χ3v) is 7.13. The van der Waals surface area contributed by atoms with Gasteiger partial charge in [-0.3, -0.25) is 9.69 Å². The molecule has 1 fully saturated rings. The van der Waals surface area contributed by atoms with E-state index < -0.39 is 6.17 Å². The molecule has 4 atom stereocenters. The third kappa shape index (κ3) is 5.85. The third-order valence-electron chi connectivity index (χ3n) is 5.83.